The third-order valence-corrected chi connectivity index (χ3v) is 3.80. The minimum atomic E-state index is -0.359. The number of amides is 2. The molecular formula is C19H16ClN5O2. The molecule has 0 unspecified atom stereocenters. The van der Waals surface area contributed by atoms with Gasteiger partial charge in [-0.15, -0.1) is 0 Å². The van der Waals surface area contributed by atoms with E-state index < -0.39 is 0 Å². The van der Waals surface area contributed by atoms with Gasteiger partial charge in [-0.25, -0.2) is 9.97 Å². The molecule has 0 bridgehead atoms. The van der Waals surface area contributed by atoms with Crippen LogP contribution >= 0.6 is 11.6 Å². The Bertz CT molecular complexity index is 976. The van der Waals surface area contributed by atoms with Crippen molar-refractivity contribution in [2.75, 3.05) is 16.0 Å². The lowest BCUT2D eigenvalue weighted by atomic mass is 10.2. The molecule has 0 fully saturated rings. The Balaban J connectivity index is 1.67. The largest absolute Gasteiger partial charge is 0.326 e. The summed E-state index contributed by atoms with van der Waals surface area (Å²) >= 11 is 6.03. The fraction of sp³-hybridized carbons (Fsp3) is 0.0526. The van der Waals surface area contributed by atoms with Crippen molar-refractivity contribution in [3.8, 4) is 0 Å². The van der Waals surface area contributed by atoms with Gasteiger partial charge in [-0.3, -0.25) is 9.59 Å². The van der Waals surface area contributed by atoms with Crippen LogP contribution in [-0.4, -0.2) is 21.8 Å². The van der Waals surface area contributed by atoms with Crippen LogP contribution < -0.4 is 16.0 Å². The average Bonchev–Trinajstić information content (AvgIpc) is 2.64. The van der Waals surface area contributed by atoms with E-state index in [1.807, 2.05) is 6.07 Å². The molecule has 1 heterocycles. The molecule has 0 aliphatic rings. The van der Waals surface area contributed by atoms with Crippen LogP contribution in [0.25, 0.3) is 0 Å². The number of rotatable bonds is 5. The van der Waals surface area contributed by atoms with Crippen molar-refractivity contribution in [2.45, 2.75) is 6.92 Å². The van der Waals surface area contributed by atoms with Crippen LogP contribution in [0.3, 0.4) is 0 Å². The third kappa shape index (κ3) is 5.02. The van der Waals surface area contributed by atoms with Crippen molar-refractivity contribution in [1.82, 2.24) is 9.97 Å². The molecule has 2 amide bonds. The lowest BCUT2D eigenvalue weighted by Crippen LogP contribution is -2.13. The fourth-order valence-electron chi connectivity index (χ4n) is 2.27. The van der Waals surface area contributed by atoms with Gasteiger partial charge in [0, 0.05) is 30.7 Å². The van der Waals surface area contributed by atoms with Crippen molar-refractivity contribution in [2.24, 2.45) is 0 Å². The number of para-hydroxylation sites is 1. The molecular weight excluding hydrogens is 366 g/mol. The molecule has 8 heteroatoms. The number of hydrogen-bond donors (Lipinski definition) is 3. The Morgan fingerprint density at radius 2 is 1.63 bits per heavy atom. The summed E-state index contributed by atoms with van der Waals surface area (Å²) in [6.07, 6.45) is 2.83. The van der Waals surface area contributed by atoms with Crippen LogP contribution in [-0.2, 0) is 4.79 Å². The normalized spacial score (nSPS) is 10.1. The Labute approximate surface area is 160 Å². The van der Waals surface area contributed by atoms with Crippen LogP contribution in [0.4, 0.5) is 23.0 Å². The maximum absolute atomic E-state index is 12.3. The molecule has 2 aromatic carbocycles. The van der Waals surface area contributed by atoms with Crippen molar-refractivity contribution in [1.29, 1.82) is 0 Å². The van der Waals surface area contributed by atoms with Crippen molar-refractivity contribution in [3.05, 3.63) is 71.5 Å². The first-order valence-corrected chi connectivity index (χ1v) is 8.41. The quantitative estimate of drug-likeness (QED) is 0.618. The standard InChI is InChI=1S/C19H16ClN5O2/c1-12(26)23-14-5-4-6-15(9-14)24-19-21-10-13(11-22-19)18(27)25-17-8-3-2-7-16(17)20/h2-11H,1H3,(H,23,26)(H,25,27)(H,21,22,24). The zero-order valence-electron chi connectivity index (χ0n) is 14.4. The number of hydrogen-bond acceptors (Lipinski definition) is 5. The monoisotopic (exact) mass is 381 g/mol. The van der Waals surface area contributed by atoms with Gasteiger partial charge < -0.3 is 16.0 Å². The van der Waals surface area contributed by atoms with Gasteiger partial charge in [-0.2, -0.15) is 0 Å². The van der Waals surface area contributed by atoms with Crippen molar-refractivity contribution >= 4 is 46.4 Å². The topological polar surface area (TPSA) is 96.0 Å². The molecule has 0 aliphatic carbocycles. The SMILES string of the molecule is CC(=O)Nc1cccc(Nc2ncc(C(=O)Nc3ccccc3Cl)cn2)c1. The number of anilines is 4. The number of benzene rings is 2. The van der Waals surface area contributed by atoms with Crippen molar-refractivity contribution in [3.63, 3.8) is 0 Å². The van der Waals surface area contributed by atoms with E-state index in [-0.39, 0.29) is 11.8 Å². The first-order valence-electron chi connectivity index (χ1n) is 8.04. The lowest BCUT2D eigenvalue weighted by Gasteiger charge is -2.09. The van der Waals surface area contributed by atoms with E-state index in [4.69, 9.17) is 11.6 Å². The molecule has 3 aromatic rings. The van der Waals surface area contributed by atoms with E-state index in [0.29, 0.717) is 33.6 Å². The first kappa shape index (κ1) is 18.3. The molecule has 3 N–H and O–H groups in total. The molecule has 27 heavy (non-hydrogen) atoms. The molecule has 0 radical (unpaired) electrons. The summed E-state index contributed by atoms with van der Waals surface area (Å²) in [5, 5.41) is 8.87. The lowest BCUT2D eigenvalue weighted by molar-refractivity contribution is -0.114. The molecule has 136 valence electrons. The van der Waals surface area contributed by atoms with Gasteiger partial charge in [-0.05, 0) is 30.3 Å². The Morgan fingerprint density at radius 1 is 0.926 bits per heavy atom. The first-order chi connectivity index (χ1) is 13.0. The van der Waals surface area contributed by atoms with E-state index in [2.05, 4.69) is 25.9 Å². The average molecular weight is 382 g/mol. The van der Waals surface area contributed by atoms with E-state index in [0.717, 1.165) is 0 Å². The number of nitrogens with one attached hydrogen (secondary N) is 3. The fourth-order valence-corrected chi connectivity index (χ4v) is 2.46. The number of carbonyl (C=O) groups excluding carboxylic acids is 2. The maximum Gasteiger partial charge on any atom is 0.258 e. The Hall–Kier alpha value is -3.45. The van der Waals surface area contributed by atoms with Gasteiger partial charge in [0.1, 0.15) is 0 Å². The summed E-state index contributed by atoms with van der Waals surface area (Å²) in [6, 6.07) is 14.1. The summed E-state index contributed by atoms with van der Waals surface area (Å²) in [5.74, 6) is -0.191. The Morgan fingerprint density at radius 3 is 2.33 bits per heavy atom. The summed E-state index contributed by atoms with van der Waals surface area (Å²) in [6.45, 7) is 1.44. The smallest absolute Gasteiger partial charge is 0.258 e. The van der Waals surface area contributed by atoms with Gasteiger partial charge >= 0.3 is 0 Å². The number of halogens is 1. The van der Waals surface area contributed by atoms with Crippen LogP contribution in [0.15, 0.2) is 60.9 Å². The van der Waals surface area contributed by atoms with E-state index in [1.54, 1.807) is 42.5 Å². The second-order valence-corrected chi connectivity index (χ2v) is 6.02. The van der Waals surface area contributed by atoms with Crippen LogP contribution in [0.1, 0.15) is 17.3 Å². The molecule has 3 rings (SSSR count). The third-order valence-electron chi connectivity index (χ3n) is 3.48. The van der Waals surface area contributed by atoms with Crippen LogP contribution in [0.2, 0.25) is 5.02 Å². The molecule has 1 aromatic heterocycles. The summed E-state index contributed by atoms with van der Waals surface area (Å²) in [4.78, 5) is 31.7. The molecule has 0 atom stereocenters. The van der Waals surface area contributed by atoms with Gasteiger partial charge in [0.05, 0.1) is 16.3 Å². The predicted octanol–water partition coefficient (Wildman–Crippen LogP) is 4.08. The maximum atomic E-state index is 12.3. The van der Waals surface area contributed by atoms with E-state index in [1.165, 1.54) is 19.3 Å². The Kier molecular flexibility index (Phi) is 5.63. The van der Waals surface area contributed by atoms with Crippen molar-refractivity contribution < 1.29 is 9.59 Å². The van der Waals surface area contributed by atoms with Gasteiger partial charge in [0.2, 0.25) is 11.9 Å². The molecule has 7 nitrogen and oxygen atoms in total. The van der Waals surface area contributed by atoms with Crippen LogP contribution in [0.5, 0.6) is 0 Å². The predicted molar refractivity (Wildman–Crippen MR) is 105 cm³/mol. The minimum absolute atomic E-state index is 0.155. The van der Waals surface area contributed by atoms with Crippen LogP contribution in [0, 0.1) is 0 Å². The molecule has 0 aliphatic heterocycles. The molecule has 0 saturated carbocycles. The number of carbonyl (C=O) groups is 2. The highest BCUT2D eigenvalue weighted by Gasteiger charge is 2.10. The highest BCUT2D eigenvalue weighted by Crippen LogP contribution is 2.21. The highest BCUT2D eigenvalue weighted by atomic mass is 35.5. The van der Waals surface area contributed by atoms with E-state index >= 15 is 0 Å². The zero-order chi connectivity index (χ0) is 19.2. The second-order valence-electron chi connectivity index (χ2n) is 5.62. The van der Waals surface area contributed by atoms with Gasteiger partial charge in [-0.1, -0.05) is 29.8 Å². The summed E-state index contributed by atoms with van der Waals surface area (Å²) < 4.78 is 0. The summed E-state index contributed by atoms with van der Waals surface area (Å²) in [7, 11) is 0. The van der Waals surface area contributed by atoms with E-state index in [9.17, 15) is 9.59 Å². The summed E-state index contributed by atoms with van der Waals surface area (Å²) in [5.41, 5.74) is 2.17. The highest BCUT2D eigenvalue weighted by molar-refractivity contribution is 6.33. The molecule has 0 spiro atoms. The minimum Gasteiger partial charge on any atom is -0.326 e. The number of aromatic nitrogens is 2. The van der Waals surface area contributed by atoms with Gasteiger partial charge in [0.25, 0.3) is 5.91 Å². The molecule has 0 saturated heterocycles. The second kappa shape index (κ2) is 8.29. The van der Waals surface area contributed by atoms with Gasteiger partial charge in [0.15, 0.2) is 0 Å². The number of nitrogens with zero attached hydrogens (tertiary/aromatic N) is 2. The zero-order valence-corrected chi connectivity index (χ0v) is 15.1.